The zero-order valence-corrected chi connectivity index (χ0v) is 10.2. The second-order valence-corrected chi connectivity index (χ2v) is 4.74. The lowest BCUT2D eigenvalue weighted by atomic mass is 10.1. The summed E-state index contributed by atoms with van der Waals surface area (Å²) in [5, 5.41) is 3.34. The van der Waals surface area contributed by atoms with E-state index < -0.39 is 0 Å². The van der Waals surface area contributed by atoms with Crippen molar-refractivity contribution in [2.75, 3.05) is 11.1 Å². The fourth-order valence-corrected chi connectivity index (χ4v) is 1.90. The molecule has 0 amide bonds. The number of hydrogen-bond acceptors (Lipinski definition) is 5. The van der Waals surface area contributed by atoms with Crippen LogP contribution in [0, 0.1) is 5.92 Å². The minimum absolute atomic E-state index is 0.0635. The van der Waals surface area contributed by atoms with Gasteiger partial charge in [-0.3, -0.25) is 4.79 Å². The number of nitrogens with two attached hydrogens (primary N) is 1. The number of aromatic nitrogens is 2. The summed E-state index contributed by atoms with van der Waals surface area (Å²) < 4.78 is 0. The molecule has 1 aliphatic carbocycles. The van der Waals surface area contributed by atoms with Crippen molar-refractivity contribution < 1.29 is 4.79 Å². The van der Waals surface area contributed by atoms with E-state index in [0.29, 0.717) is 23.2 Å². The largest absolute Gasteiger partial charge is 0.383 e. The molecule has 0 bridgehead atoms. The Morgan fingerprint density at radius 2 is 2.29 bits per heavy atom. The van der Waals surface area contributed by atoms with E-state index in [1.54, 1.807) is 6.92 Å². The molecule has 1 heterocycles. The van der Waals surface area contributed by atoms with E-state index in [4.69, 9.17) is 5.73 Å². The first-order valence-electron chi connectivity index (χ1n) is 5.93. The molecule has 0 aliphatic heterocycles. The maximum Gasteiger partial charge on any atom is 0.135 e. The van der Waals surface area contributed by atoms with Crippen LogP contribution in [0.15, 0.2) is 6.33 Å². The number of nitrogens with one attached hydrogen (secondary N) is 1. The molecule has 5 heteroatoms. The molecule has 1 aliphatic rings. The third-order valence-corrected chi connectivity index (χ3v) is 3.10. The van der Waals surface area contributed by atoms with E-state index in [9.17, 15) is 4.79 Å². The van der Waals surface area contributed by atoms with Crippen LogP contribution >= 0.6 is 0 Å². The van der Waals surface area contributed by atoms with Crippen LogP contribution in [0.2, 0.25) is 0 Å². The molecule has 1 fully saturated rings. The van der Waals surface area contributed by atoms with Crippen molar-refractivity contribution in [1.82, 2.24) is 9.97 Å². The Morgan fingerprint density at radius 1 is 1.59 bits per heavy atom. The van der Waals surface area contributed by atoms with E-state index in [1.165, 1.54) is 19.2 Å². The molecule has 1 unspecified atom stereocenters. The number of Topliss-reactive ketones (excluding diaryl/α,β-unsaturated/α-hetero) is 1. The van der Waals surface area contributed by atoms with Gasteiger partial charge in [0.2, 0.25) is 0 Å². The molecular formula is C12H18N4O. The van der Waals surface area contributed by atoms with E-state index >= 15 is 0 Å². The normalized spacial score (nSPS) is 16.6. The van der Waals surface area contributed by atoms with Crippen molar-refractivity contribution in [1.29, 1.82) is 0 Å². The molecule has 1 atom stereocenters. The smallest absolute Gasteiger partial charge is 0.135 e. The van der Waals surface area contributed by atoms with Gasteiger partial charge in [0.25, 0.3) is 0 Å². The van der Waals surface area contributed by atoms with Gasteiger partial charge in [-0.15, -0.1) is 0 Å². The first-order valence-corrected chi connectivity index (χ1v) is 5.93. The number of anilines is 2. The van der Waals surface area contributed by atoms with E-state index in [1.807, 2.05) is 0 Å². The van der Waals surface area contributed by atoms with Crippen LogP contribution in [0.25, 0.3) is 0 Å². The van der Waals surface area contributed by atoms with Crippen LogP contribution in [0.1, 0.15) is 32.3 Å². The third kappa shape index (κ3) is 2.93. The Morgan fingerprint density at radius 3 is 2.88 bits per heavy atom. The average molecular weight is 234 g/mol. The van der Waals surface area contributed by atoms with Gasteiger partial charge in [0, 0.05) is 18.0 Å². The first-order chi connectivity index (χ1) is 8.08. The van der Waals surface area contributed by atoms with Gasteiger partial charge in [-0.1, -0.05) is 0 Å². The lowest BCUT2D eigenvalue weighted by Gasteiger charge is -2.16. The second-order valence-electron chi connectivity index (χ2n) is 4.74. The van der Waals surface area contributed by atoms with Crippen molar-refractivity contribution in [3.63, 3.8) is 0 Å². The lowest BCUT2D eigenvalue weighted by molar-refractivity contribution is -0.116. The van der Waals surface area contributed by atoms with Crippen LogP contribution in [-0.2, 0) is 11.2 Å². The number of nitrogen functional groups attached to an aromatic ring is 1. The highest BCUT2D eigenvalue weighted by Gasteiger charge is 2.28. The molecule has 92 valence electrons. The number of nitrogens with zero attached hydrogens (tertiary/aromatic N) is 2. The SMILES string of the molecule is CC(=O)Cc1c(N)ncnc1NC(C)C1CC1. The van der Waals surface area contributed by atoms with Crippen LogP contribution in [0.4, 0.5) is 11.6 Å². The van der Waals surface area contributed by atoms with Gasteiger partial charge >= 0.3 is 0 Å². The highest BCUT2D eigenvalue weighted by Crippen LogP contribution is 2.34. The topological polar surface area (TPSA) is 80.9 Å². The summed E-state index contributed by atoms with van der Waals surface area (Å²) in [6.07, 6.45) is 4.24. The van der Waals surface area contributed by atoms with Gasteiger partial charge in [-0.05, 0) is 32.6 Å². The average Bonchev–Trinajstić information content (AvgIpc) is 3.06. The number of ketones is 1. The molecule has 1 aromatic rings. The summed E-state index contributed by atoms with van der Waals surface area (Å²) in [5.74, 6) is 1.87. The molecule has 2 rings (SSSR count). The molecule has 1 saturated carbocycles. The van der Waals surface area contributed by atoms with Gasteiger partial charge in [-0.25, -0.2) is 9.97 Å². The summed E-state index contributed by atoms with van der Waals surface area (Å²) in [7, 11) is 0. The van der Waals surface area contributed by atoms with Crippen LogP contribution in [0.5, 0.6) is 0 Å². The maximum absolute atomic E-state index is 11.2. The van der Waals surface area contributed by atoms with E-state index in [0.717, 1.165) is 5.92 Å². The lowest BCUT2D eigenvalue weighted by Crippen LogP contribution is -2.20. The number of carbonyl (C=O) groups excluding carboxylic acids is 1. The highest BCUT2D eigenvalue weighted by atomic mass is 16.1. The molecule has 1 aromatic heterocycles. The minimum Gasteiger partial charge on any atom is -0.383 e. The van der Waals surface area contributed by atoms with Crippen LogP contribution in [-0.4, -0.2) is 21.8 Å². The molecule has 0 radical (unpaired) electrons. The monoisotopic (exact) mass is 234 g/mol. The molecule has 0 aromatic carbocycles. The third-order valence-electron chi connectivity index (χ3n) is 3.10. The molecule has 0 saturated heterocycles. The van der Waals surface area contributed by atoms with Crippen LogP contribution < -0.4 is 11.1 Å². The van der Waals surface area contributed by atoms with Gasteiger partial charge in [0.15, 0.2) is 0 Å². The standard InChI is InChI=1S/C12H18N4O/c1-7(17)5-10-11(13)14-6-15-12(10)16-8(2)9-3-4-9/h6,8-9H,3-5H2,1-2H3,(H3,13,14,15,16). The van der Waals surface area contributed by atoms with Crippen LogP contribution in [0.3, 0.4) is 0 Å². The predicted octanol–water partition coefficient (Wildman–Crippen LogP) is 1.40. The van der Waals surface area contributed by atoms with Crippen molar-refractivity contribution in [3.8, 4) is 0 Å². The molecule has 17 heavy (non-hydrogen) atoms. The van der Waals surface area contributed by atoms with Gasteiger partial charge in [-0.2, -0.15) is 0 Å². The van der Waals surface area contributed by atoms with Crippen molar-refractivity contribution in [2.45, 2.75) is 39.2 Å². The second kappa shape index (κ2) is 4.69. The van der Waals surface area contributed by atoms with Crippen molar-refractivity contribution in [2.24, 2.45) is 5.92 Å². The van der Waals surface area contributed by atoms with Gasteiger partial charge in [0.05, 0.1) is 0 Å². The Kier molecular flexibility index (Phi) is 3.26. The summed E-state index contributed by atoms with van der Waals surface area (Å²) in [5.41, 5.74) is 6.51. The molecule has 3 N–H and O–H groups in total. The van der Waals surface area contributed by atoms with Crippen molar-refractivity contribution >= 4 is 17.4 Å². The Bertz CT molecular complexity index is 429. The van der Waals surface area contributed by atoms with Gasteiger partial charge < -0.3 is 11.1 Å². The fraction of sp³-hybridized carbons (Fsp3) is 0.583. The summed E-state index contributed by atoms with van der Waals surface area (Å²) in [6, 6.07) is 0.370. The summed E-state index contributed by atoms with van der Waals surface area (Å²) in [4.78, 5) is 19.3. The fourth-order valence-electron chi connectivity index (χ4n) is 1.90. The zero-order chi connectivity index (χ0) is 12.4. The highest BCUT2D eigenvalue weighted by molar-refractivity contribution is 5.81. The Balaban J connectivity index is 2.18. The molecule has 5 nitrogen and oxygen atoms in total. The Labute approximate surface area is 101 Å². The summed E-state index contributed by atoms with van der Waals surface area (Å²) >= 11 is 0. The maximum atomic E-state index is 11.2. The van der Waals surface area contributed by atoms with E-state index in [-0.39, 0.29) is 12.2 Å². The van der Waals surface area contributed by atoms with E-state index in [2.05, 4.69) is 22.2 Å². The molecule has 0 spiro atoms. The van der Waals surface area contributed by atoms with Gasteiger partial charge in [0.1, 0.15) is 23.7 Å². The first kappa shape index (κ1) is 11.8. The minimum atomic E-state index is 0.0635. The zero-order valence-electron chi connectivity index (χ0n) is 10.2. The number of hydrogen-bond donors (Lipinski definition) is 2. The number of rotatable bonds is 5. The van der Waals surface area contributed by atoms with Crippen molar-refractivity contribution in [3.05, 3.63) is 11.9 Å². The molecular weight excluding hydrogens is 216 g/mol. The Hall–Kier alpha value is -1.65. The summed E-state index contributed by atoms with van der Waals surface area (Å²) in [6.45, 7) is 3.67. The predicted molar refractivity (Wildman–Crippen MR) is 66.6 cm³/mol. The number of carbonyl (C=O) groups is 1. The quantitative estimate of drug-likeness (QED) is 0.805.